The van der Waals surface area contributed by atoms with Gasteiger partial charge in [0, 0.05) is 44.3 Å². The zero-order valence-corrected chi connectivity index (χ0v) is 16.0. The first-order valence-electron chi connectivity index (χ1n) is 9.62. The van der Waals surface area contributed by atoms with Gasteiger partial charge in [-0.25, -0.2) is 0 Å². The summed E-state index contributed by atoms with van der Waals surface area (Å²) in [5.74, 6) is -0.252. The molecule has 2 atom stereocenters. The molecule has 2 aliphatic heterocycles. The summed E-state index contributed by atoms with van der Waals surface area (Å²) in [4.78, 5) is 14.4. The van der Waals surface area contributed by atoms with E-state index in [0.29, 0.717) is 6.54 Å². The van der Waals surface area contributed by atoms with Crippen LogP contribution in [0.4, 0.5) is 24.5 Å². The quantitative estimate of drug-likeness (QED) is 0.598. The molecule has 0 unspecified atom stereocenters. The summed E-state index contributed by atoms with van der Waals surface area (Å²) in [5, 5.41) is 11.6. The summed E-state index contributed by atoms with van der Waals surface area (Å²) in [5.41, 5.74) is 3.94. The van der Waals surface area contributed by atoms with E-state index in [1.165, 1.54) is 17.0 Å². The van der Waals surface area contributed by atoms with Crippen LogP contribution < -0.4 is 15.4 Å². The van der Waals surface area contributed by atoms with Crippen LogP contribution in [0.2, 0.25) is 0 Å². The molecule has 2 aromatic carbocycles. The molecule has 7 nitrogen and oxygen atoms in total. The summed E-state index contributed by atoms with van der Waals surface area (Å²) >= 11 is 0. The van der Waals surface area contributed by atoms with E-state index in [4.69, 9.17) is 10.5 Å². The zero-order valence-electron chi connectivity index (χ0n) is 16.0. The number of benzene rings is 2. The van der Waals surface area contributed by atoms with Gasteiger partial charge in [-0.15, -0.1) is 0 Å². The van der Waals surface area contributed by atoms with Crippen molar-refractivity contribution < 1.29 is 22.8 Å². The largest absolute Gasteiger partial charge is 0.457 e. The van der Waals surface area contributed by atoms with Gasteiger partial charge in [-0.1, -0.05) is 18.2 Å². The Morgan fingerprint density at radius 3 is 2.50 bits per heavy atom. The number of nitrogens with two attached hydrogens (primary N) is 1. The number of piperazine rings is 1. The SMILES string of the molecule is N[C@H]1CCN2CCN(c3c([N+](=O)[O-])ccc(Oc4ccccc4)c3C(F)(F)F)C[C@H]12. The molecule has 2 aromatic rings. The Morgan fingerprint density at radius 2 is 1.83 bits per heavy atom. The summed E-state index contributed by atoms with van der Waals surface area (Å²) in [6, 6.07) is 9.80. The van der Waals surface area contributed by atoms with E-state index in [9.17, 15) is 23.3 Å². The molecule has 2 aliphatic rings. The number of fused-ring (bicyclic) bond motifs is 1. The van der Waals surface area contributed by atoms with Gasteiger partial charge in [-0.2, -0.15) is 13.2 Å². The maximum Gasteiger partial charge on any atom is 0.422 e. The molecule has 2 fully saturated rings. The maximum atomic E-state index is 14.2. The van der Waals surface area contributed by atoms with Crippen molar-refractivity contribution >= 4 is 11.4 Å². The molecule has 0 amide bonds. The number of rotatable bonds is 4. The Bertz CT molecular complexity index is 939. The third-order valence-electron chi connectivity index (χ3n) is 5.66. The highest BCUT2D eigenvalue weighted by molar-refractivity contribution is 5.73. The number of halogens is 3. The van der Waals surface area contributed by atoms with Gasteiger partial charge in [0.15, 0.2) is 0 Å². The third kappa shape index (κ3) is 3.80. The molecule has 0 spiro atoms. The fourth-order valence-electron chi connectivity index (χ4n) is 4.25. The Labute approximate surface area is 171 Å². The molecule has 160 valence electrons. The van der Waals surface area contributed by atoms with Crippen molar-refractivity contribution in [1.82, 2.24) is 4.90 Å². The molecular formula is C20H21F3N4O3. The highest BCUT2D eigenvalue weighted by Crippen LogP contribution is 2.48. The van der Waals surface area contributed by atoms with Crippen molar-refractivity contribution in [1.29, 1.82) is 0 Å². The van der Waals surface area contributed by atoms with E-state index in [1.807, 2.05) is 0 Å². The highest BCUT2D eigenvalue weighted by atomic mass is 19.4. The van der Waals surface area contributed by atoms with Gasteiger partial charge in [0.1, 0.15) is 22.7 Å². The fourth-order valence-corrected chi connectivity index (χ4v) is 4.25. The second-order valence-corrected chi connectivity index (χ2v) is 7.48. The first kappa shape index (κ1) is 20.4. The minimum Gasteiger partial charge on any atom is -0.457 e. The zero-order chi connectivity index (χ0) is 21.5. The molecule has 2 saturated heterocycles. The minimum absolute atomic E-state index is 0.141. The van der Waals surface area contributed by atoms with Gasteiger partial charge >= 0.3 is 6.18 Å². The van der Waals surface area contributed by atoms with Crippen LogP contribution in [0.25, 0.3) is 0 Å². The fraction of sp³-hybridized carbons (Fsp3) is 0.400. The Balaban J connectivity index is 1.82. The predicted octanol–water partition coefficient (Wildman–Crippen LogP) is 3.63. The van der Waals surface area contributed by atoms with Crippen LogP contribution in [-0.4, -0.2) is 48.1 Å². The number of hydrogen-bond acceptors (Lipinski definition) is 6. The molecule has 30 heavy (non-hydrogen) atoms. The smallest absolute Gasteiger partial charge is 0.422 e. The van der Waals surface area contributed by atoms with E-state index >= 15 is 0 Å². The van der Waals surface area contributed by atoms with Crippen LogP contribution in [0.5, 0.6) is 11.5 Å². The molecule has 0 radical (unpaired) electrons. The molecule has 10 heteroatoms. The van der Waals surface area contributed by atoms with E-state index in [-0.39, 0.29) is 30.9 Å². The number of nitrogens with zero attached hydrogens (tertiary/aromatic N) is 3. The average molecular weight is 422 g/mol. The lowest BCUT2D eigenvalue weighted by molar-refractivity contribution is -0.384. The molecular weight excluding hydrogens is 401 g/mol. The van der Waals surface area contributed by atoms with Gasteiger partial charge in [0.05, 0.1) is 4.92 Å². The topological polar surface area (TPSA) is 84.9 Å². The number of nitro benzene ring substituents is 1. The summed E-state index contributed by atoms with van der Waals surface area (Å²) < 4.78 is 48.1. The van der Waals surface area contributed by atoms with Crippen molar-refractivity contribution in [3.05, 3.63) is 58.1 Å². The van der Waals surface area contributed by atoms with Crippen LogP contribution in [0, 0.1) is 10.1 Å². The van der Waals surface area contributed by atoms with Crippen molar-refractivity contribution in [3.63, 3.8) is 0 Å². The lowest BCUT2D eigenvalue weighted by Crippen LogP contribution is -2.55. The number of nitro groups is 1. The molecule has 0 saturated carbocycles. The van der Waals surface area contributed by atoms with Crippen LogP contribution in [-0.2, 0) is 6.18 Å². The number of para-hydroxylation sites is 1. The normalized spacial score (nSPS) is 22.1. The molecule has 0 bridgehead atoms. The van der Waals surface area contributed by atoms with E-state index in [1.54, 1.807) is 18.2 Å². The second kappa shape index (κ2) is 7.77. The third-order valence-corrected chi connectivity index (χ3v) is 5.66. The minimum atomic E-state index is -4.85. The van der Waals surface area contributed by atoms with Gasteiger partial charge in [-0.3, -0.25) is 15.0 Å². The standard InChI is InChI=1S/C20H21F3N4O3/c21-20(22,23)18-17(30-13-4-2-1-3-5-13)7-6-15(27(28)29)19(18)26-11-10-25-9-8-14(24)16(25)12-26/h1-7,14,16H,8-12,24H2/t14-,16+/m0/s1. The van der Waals surface area contributed by atoms with E-state index in [2.05, 4.69) is 4.90 Å². The van der Waals surface area contributed by atoms with E-state index in [0.717, 1.165) is 25.1 Å². The first-order chi connectivity index (χ1) is 14.3. The monoisotopic (exact) mass is 422 g/mol. The van der Waals surface area contributed by atoms with Crippen LogP contribution in [0.3, 0.4) is 0 Å². The summed E-state index contributed by atoms with van der Waals surface area (Å²) in [6.07, 6.45) is -4.09. The average Bonchev–Trinajstić information content (AvgIpc) is 3.07. The maximum absolute atomic E-state index is 14.2. The van der Waals surface area contributed by atoms with Crippen LogP contribution in [0.1, 0.15) is 12.0 Å². The molecule has 0 aliphatic carbocycles. The number of hydrogen-bond donors (Lipinski definition) is 1. The van der Waals surface area contributed by atoms with Crippen LogP contribution in [0.15, 0.2) is 42.5 Å². The van der Waals surface area contributed by atoms with Gasteiger partial charge < -0.3 is 15.4 Å². The molecule has 4 rings (SSSR count). The van der Waals surface area contributed by atoms with Crippen molar-refractivity contribution in [2.75, 3.05) is 31.1 Å². The lowest BCUT2D eigenvalue weighted by atomic mass is 10.0. The Hall–Kier alpha value is -2.85. The number of anilines is 1. The highest BCUT2D eigenvalue weighted by Gasteiger charge is 2.45. The predicted molar refractivity (Wildman–Crippen MR) is 105 cm³/mol. The molecule has 2 N–H and O–H groups in total. The molecule has 0 aromatic heterocycles. The molecule has 2 heterocycles. The second-order valence-electron chi connectivity index (χ2n) is 7.48. The summed E-state index contributed by atoms with van der Waals surface area (Å²) in [6.45, 7) is 1.71. The number of ether oxygens (including phenoxy) is 1. The Kier molecular flexibility index (Phi) is 5.29. The number of alkyl halides is 3. The van der Waals surface area contributed by atoms with Gasteiger partial charge in [0.2, 0.25) is 0 Å². The lowest BCUT2D eigenvalue weighted by Gasteiger charge is -2.40. The summed E-state index contributed by atoms with van der Waals surface area (Å²) in [7, 11) is 0. The van der Waals surface area contributed by atoms with Crippen molar-refractivity contribution in [2.24, 2.45) is 5.73 Å². The van der Waals surface area contributed by atoms with E-state index < -0.39 is 33.8 Å². The van der Waals surface area contributed by atoms with Crippen LogP contribution >= 0.6 is 0 Å². The van der Waals surface area contributed by atoms with Crippen molar-refractivity contribution in [3.8, 4) is 11.5 Å². The first-order valence-corrected chi connectivity index (χ1v) is 9.62. The Morgan fingerprint density at radius 1 is 1.10 bits per heavy atom. The van der Waals surface area contributed by atoms with Gasteiger partial charge in [-0.05, 0) is 24.6 Å². The van der Waals surface area contributed by atoms with Crippen molar-refractivity contribution in [2.45, 2.75) is 24.7 Å². The van der Waals surface area contributed by atoms with Gasteiger partial charge in [0.25, 0.3) is 5.69 Å².